The monoisotopic (exact) mass is 324 g/mol. The lowest BCUT2D eigenvalue weighted by atomic mass is 10.2. The Morgan fingerprint density at radius 2 is 1.77 bits per heavy atom. The van der Waals surface area contributed by atoms with Gasteiger partial charge < -0.3 is 14.3 Å². The average Bonchev–Trinajstić information content (AvgIpc) is 2.48. The molecule has 1 rings (SSSR count). The van der Waals surface area contributed by atoms with Crippen LogP contribution in [-0.2, 0) is 13.6 Å². The number of rotatable bonds is 7. The first kappa shape index (κ1) is 18.4. The minimum Gasteiger partial charge on any atom is -0.623 e. The van der Waals surface area contributed by atoms with Gasteiger partial charge in [0, 0.05) is 19.4 Å². The maximum absolute atomic E-state index is 12.8. The molecule has 6 nitrogen and oxygen atoms in total. The Morgan fingerprint density at radius 3 is 2.18 bits per heavy atom. The Bertz CT molecular complexity index is 607. The first-order valence-electron chi connectivity index (χ1n) is 7.01. The van der Waals surface area contributed by atoms with E-state index in [9.17, 15) is 9.77 Å². The first-order chi connectivity index (χ1) is 10.3. The molecule has 0 saturated heterocycles. The highest BCUT2D eigenvalue weighted by molar-refractivity contribution is 7.55. The first-order valence-corrected chi connectivity index (χ1v) is 8.55. The van der Waals surface area contributed by atoms with Crippen LogP contribution in [0, 0.1) is 16.5 Å². The standard InChI is InChI=1S/C15H21N2O4P/c1-5-20-22(19,21-6-2)15(3,4)17(18)12-14-9-7-13(11-16)8-10-14/h7-10,12H,5-6H2,1-4H3/b17-12-. The number of nitrogens with zero attached hydrogens (tertiary/aromatic N) is 2. The minimum absolute atomic E-state index is 0.186. The zero-order valence-corrected chi connectivity index (χ0v) is 14.2. The molecule has 22 heavy (non-hydrogen) atoms. The highest BCUT2D eigenvalue weighted by Gasteiger charge is 2.51. The van der Waals surface area contributed by atoms with Crippen molar-refractivity contribution in [2.24, 2.45) is 0 Å². The van der Waals surface area contributed by atoms with Gasteiger partial charge in [0.2, 0.25) is 0 Å². The fraction of sp³-hybridized carbons (Fsp3) is 0.467. The van der Waals surface area contributed by atoms with Gasteiger partial charge in [-0.1, -0.05) is 0 Å². The minimum atomic E-state index is -3.60. The van der Waals surface area contributed by atoms with Crippen LogP contribution in [0.4, 0.5) is 0 Å². The smallest absolute Gasteiger partial charge is 0.401 e. The second-order valence-electron chi connectivity index (χ2n) is 5.02. The van der Waals surface area contributed by atoms with Gasteiger partial charge in [-0.15, -0.1) is 0 Å². The van der Waals surface area contributed by atoms with Crippen LogP contribution in [0.1, 0.15) is 38.8 Å². The van der Waals surface area contributed by atoms with Gasteiger partial charge in [0.05, 0.1) is 24.8 Å². The second kappa shape index (κ2) is 7.55. The van der Waals surface area contributed by atoms with Gasteiger partial charge in [-0.3, -0.25) is 4.57 Å². The van der Waals surface area contributed by atoms with Crippen LogP contribution in [0.3, 0.4) is 0 Å². The van der Waals surface area contributed by atoms with E-state index in [4.69, 9.17) is 14.3 Å². The van der Waals surface area contributed by atoms with Gasteiger partial charge in [0.15, 0.2) is 6.21 Å². The summed E-state index contributed by atoms with van der Waals surface area (Å²) >= 11 is 0. The molecule has 0 N–H and O–H groups in total. The van der Waals surface area contributed by atoms with Crippen molar-refractivity contribution >= 4 is 13.8 Å². The molecule has 0 aliphatic rings. The van der Waals surface area contributed by atoms with E-state index in [0.29, 0.717) is 15.9 Å². The van der Waals surface area contributed by atoms with Crippen molar-refractivity contribution in [3.8, 4) is 6.07 Å². The van der Waals surface area contributed by atoms with E-state index in [1.165, 1.54) is 20.1 Å². The number of nitriles is 1. The molecular weight excluding hydrogens is 303 g/mol. The summed E-state index contributed by atoms with van der Waals surface area (Å²) in [6, 6.07) is 8.51. The van der Waals surface area contributed by atoms with Crippen LogP contribution >= 0.6 is 7.60 Å². The van der Waals surface area contributed by atoms with Crippen LogP contribution in [0.2, 0.25) is 0 Å². The van der Waals surface area contributed by atoms with Gasteiger partial charge in [-0.25, -0.2) is 0 Å². The van der Waals surface area contributed by atoms with Crippen molar-refractivity contribution in [3.63, 3.8) is 0 Å². The molecule has 0 aromatic heterocycles. The maximum Gasteiger partial charge on any atom is 0.401 e. The van der Waals surface area contributed by atoms with Gasteiger partial charge in [-0.2, -0.15) is 10.0 Å². The van der Waals surface area contributed by atoms with E-state index in [2.05, 4.69) is 0 Å². The predicted octanol–water partition coefficient (Wildman–Crippen LogP) is 3.49. The topological polar surface area (TPSA) is 85.4 Å². The summed E-state index contributed by atoms with van der Waals surface area (Å²) in [4.78, 5) is 0. The van der Waals surface area contributed by atoms with Crippen LogP contribution in [0.25, 0.3) is 0 Å². The van der Waals surface area contributed by atoms with E-state index < -0.39 is 12.9 Å². The molecule has 0 spiro atoms. The number of hydrogen-bond acceptors (Lipinski definition) is 5. The number of hydrogen-bond donors (Lipinski definition) is 0. The Hall–Kier alpha value is -1.67. The summed E-state index contributed by atoms with van der Waals surface area (Å²) in [5.74, 6) is 0. The molecule has 0 heterocycles. The highest BCUT2D eigenvalue weighted by atomic mass is 31.2. The Morgan fingerprint density at radius 1 is 1.27 bits per heavy atom. The molecule has 0 bridgehead atoms. The summed E-state index contributed by atoms with van der Waals surface area (Å²) in [7, 11) is -3.60. The van der Waals surface area contributed by atoms with Crippen LogP contribution in [-0.4, -0.2) is 29.4 Å². The van der Waals surface area contributed by atoms with Crippen molar-refractivity contribution in [1.29, 1.82) is 5.26 Å². The lowest BCUT2D eigenvalue weighted by molar-refractivity contribution is -0.510. The zero-order valence-electron chi connectivity index (χ0n) is 13.3. The highest BCUT2D eigenvalue weighted by Crippen LogP contribution is 2.59. The third-order valence-electron chi connectivity index (χ3n) is 3.11. The molecule has 0 radical (unpaired) electrons. The van der Waals surface area contributed by atoms with Crippen molar-refractivity contribution in [1.82, 2.24) is 0 Å². The van der Waals surface area contributed by atoms with E-state index in [1.54, 1.807) is 38.1 Å². The van der Waals surface area contributed by atoms with Crippen molar-refractivity contribution in [2.75, 3.05) is 13.2 Å². The van der Waals surface area contributed by atoms with Gasteiger partial charge in [-0.05, 0) is 38.1 Å². The van der Waals surface area contributed by atoms with Crippen LogP contribution in [0.5, 0.6) is 0 Å². The third kappa shape index (κ3) is 3.95. The summed E-state index contributed by atoms with van der Waals surface area (Å²) in [5, 5.41) is 19.8. The zero-order chi connectivity index (χ0) is 16.8. The van der Waals surface area contributed by atoms with E-state index in [1.807, 2.05) is 6.07 Å². The number of benzene rings is 1. The fourth-order valence-electron chi connectivity index (χ4n) is 1.75. The normalized spacial score (nSPS) is 13.0. The summed E-state index contributed by atoms with van der Waals surface area (Å²) < 4.78 is 23.9. The molecule has 0 aliphatic heterocycles. The van der Waals surface area contributed by atoms with E-state index in [0.717, 1.165) is 0 Å². The molecule has 7 heteroatoms. The molecule has 0 unspecified atom stereocenters. The lowest BCUT2D eigenvalue weighted by Gasteiger charge is -2.30. The lowest BCUT2D eigenvalue weighted by Crippen LogP contribution is -2.35. The molecule has 0 saturated carbocycles. The van der Waals surface area contributed by atoms with Gasteiger partial charge in [0.1, 0.15) is 0 Å². The van der Waals surface area contributed by atoms with Gasteiger partial charge in [0.25, 0.3) is 5.28 Å². The predicted molar refractivity (Wildman–Crippen MR) is 84.9 cm³/mol. The van der Waals surface area contributed by atoms with E-state index in [-0.39, 0.29) is 13.2 Å². The molecular formula is C15H21N2O4P. The SMILES string of the molecule is CCOP(=O)(OCC)C(C)(C)/[N+]([O-])=C/c1ccc(C#N)cc1. The summed E-state index contributed by atoms with van der Waals surface area (Å²) in [6.45, 7) is 6.80. The second-order valence-corrected chi connectivity index (χ2v) is 7.62. The average molecular weight is 324 g/mol. The Balaban J connectivity index is 3.15. The summed E-state index contributed by atoms with van der Waals surface area (Å²) in [5.41, 5.74) is 1.10. The van der Waals surface area contributed by atoms with E-state index >= 15 is 0 Å². The van der Waals surface area contributed by atoms with Crippen molar-refractivity contribution in [3.05, 3.63) is 40.6 Å². The molecule has 0 atom stereocenters. The number of hydroxylamine groups is 1. The van der Waals surface area contributed by atoms with Crippen molar-refractivity contribution in [2.45, 2.75) is 33.0 Å². The molecule has 120 valence electrons. The van der Waals surface area contributed by atoms with Crippen LogP contribution in [0.15, 0.2) is 24.3 Å². The molecule has 0 amide bonds. The van der Waals surface area contributed by atoms with Crippen molar-refractivity contribution < 1.29 is 18.4 Å². The maximum atomic E-state index is 12.8. The fourth-order valence-corrected chi connectivity index (χ4v) is 3.44. The Kier molecular flexibility index (Phi) is 6.31. The Labute approximate surface area is 131 Å². The summed E-state index contributed by atoms with van der Waals surface area (Å²) in [6.07, 6.45) is 1.31. The third-order valence-corrected chi connectivity index (χ3v) is 5.85. The largest absolute Gasteiger partial charge is 0.623 e. The van der Waals surface area contributed by atoms with Crippen LogP contribution < -0.4 is 0 Å². The quantitative estimate of drug-likeness (QED) is 0.252. The van der Waals surface area contributed by atoms with Gasteiger partial charge >= 0.3 is 7.60 Å². The molecule has 0 aliphatic carbocycles. The molecule has 0 fully saturated rings. The molecule has 1 aromatic carbocycles. The molecule has 1 aromatic rings.